The number of fused-ring (bicyclic) bond motifs is 1. The molecule has 0 unspecified atom stereocenters. The number of halogens is 5. The van der Waals surface area contributed by atoms with Crippen LogP contribution in [0.5, 0.6) is 5.88 Å². The monoisotopic (exact) mass is 522 g/mol. The molecule has 0 atom stereocenters. The third-order valence-corrected chi connectivity index (χ3v) is 4.28. The van der Waals surface area contributed by atoms with Crippen LogP contribution in [-0.4, -0.2) is 33.2 Å². The second kappa shape index (κ2) is 8.13. The molecule has 0 aliphatic heterocycles. The van der Waals surface area contributed by atoms with Crippen molar-refractivity contribution in [1.82, 2.24) is 19.9 Å². The Hall–Kier alpha value is -2.44. The molecule has 0 saturated heterocycles. The number of ether oxygens (including phenoxy) is 1. The molecule has 6 nitrogen and oxygen atoms in total. The van der Waals surface area contributed by atoms with Crippen LogP contribution in [0, 0.1) is 9.52 Å². The largest absolute Gasteiger partial charge is 0.466 e. The molecule has 11 heteroatoms. The lowest BCUT2D eigenvalue weighted by molar-refractivity contribution is -0.140. The van der Waals surface area contributed by atoms with Crippen LogP contribution in [-0.2, 0) is 11.0 Å². The fourth-order valence-corrected chi connectivity index (χ4v) is 3.11. The van der Waals surface area contributed by atoms with Gasteiger partial charge in [0.05, 0.1) is 17.5 Å². The lowest BCUT2D eigenvalue weighted by atomic mass is 10.1. The lowest BCUT2D eigenvalue weighted by Crippen LogP contribution is -2.34. The fraction of sp³-hybridized carbons (Fsp3) is 0.278. The lowest BCUT2D eigenvalue weighted by Gasteiger charge is -2.12. The number of benzene rings is 1. The van der Waals surface area contributed by atoms with E-state index in [-0.39, 0.29) is 35.7 Å². The van der Waals surface area contributed by atoms with E-state index in [1.165, 1.54) is 16.8 Å². The van der Waals surface area contributed by atoms with Crippen molar-refractivity contribution in [3.8, 4) is 17.1 Å². The van der Waals surface area contributed by atoms with Crippen molar-refractivity contribution < 1.29 is 27.1 Å². The van der Waals surface area contributed by atoms with Crippen molar-refractivity contribution in [3.05, 3.63) is 45.5 Å². The molecule has 0 fully saturated rings. The molecular formula is C18H15F4IN4O2. The van der Waals surface area contributed by atoms with Gasteiger partial charge in [0, 0.05) is 17.7 Å². The van der Waals surface area contributed by atoms with Crippen molar-refractivity contribution in [2.45, 2.75) is 26.1 Å². The standard InChI is InChI=1S/C18H15F4IN4O2/c1-9(2)24-16(28)8-29-17-14-6-15(23)26-27(14)7-13(25-17)10-3-4-12(19)11(5-10)18(20,21)22/h3-7,9H,8H2,1-2H3,(H,24,28). The number of nitrogens with zero attached hydrogens (tertiary/aromatic N) is 3. The van der Waals surface area contributed by atoms with Crippen LogP contribution in [0.4, 0.5) is 17.6 Å². The van der Waals surface area contributed by atoms with Gasteiger partial charge in [-0.25, -0.2) is 13.9 Å². The molecule has 154 valence electrons. The zero-order valence-electron chi connectivity index (χ0n) is 15.2. The summed E-state index contributed by atoms with van der Waals surface area (Å²) in [6.07, 6.45) is -3.44. The van der Waals surface area contributed by atoms with Crippen LogP contribution < -0.4 is 10.1 Å². The van der Waals surface area contributed by atoms with Gasteiger partial charge < -0.3 is 10.1 Å². The van der Waals surface area contributed by atoms with E-state index in [4.69, 9.17) is 4.74 Å². The zero-order valence-corrected chi connectivity index (χ0v) is 17.4. The summed E-state index contributed by atoms with van der Waals surface area (Å²) in [7, 11) is 0. The first kappa shape index (κ1) is 21.3. The van der Waals surface area contributed by atoms with Gasteiger partial charge in [0.15, 0.2) is 6.61 Å². The van der Waals surface area contributed by atoms with E-state index in [0.29, 0.717) is 15.3 Å². The third-order valence-electron chi connectivity index (χ3n) is 3.75. The molecule has 29 heavy (non-hydrogen) atoms. The van der Waals surface area contributed by atoms with Crippen molar-refractivity contribution >= 4 is 34.0 Å². The van der Waals surface area contributed by atoms with Gasteiger partial charge in [0.2, 0.25) is 5.88 Å². The van der Waals surface area contributed by atoms with Gasteiger partial charge in [-0.3, -0.25) is 4.79 Å². The molecule has 3 rings (SSSR count). The summed E-state index contributed by atoms with van der Waals surface area (Å²) < 4.78 is 60.2. The minimum absolute atomic E-state index is 0.0229. The Bertz CT molecular complexity index is 1070. The van der Waals surface area contributed by atoms with E-state index in [9.17, 15) is 22.4 Å². The smallest absolute Gasteiger partial charge is 0.419 e. The van der Waals surface area contributed by atoms with Crippen molar-refractivity contribution in [3.63, 3.8) is 0 Å². The second-order valence-corrected chi connectivity index (χ2v) is 7.54. The molecule has 1 aromatic carbocycles. The van der Waals surface area contributed by atoms with E-state index in [1.807, 2.05) is 22.6 Å². The first-order valence-electron chi connectivity index (χ1n) is 8.40. The van der Waals surface area contributed by atoms with Gasteiger partial charge in [-0.15, -0.1) is 0 Å². The second-order valence-electron chi connectivity index (χ2n) is 6.43. The molecule has 1 amide bonds. The van der Waals surface area contributed by atoms with Crippen LogP contribution in [0.1, 0.15) is 19.4 Å². The van der Waals surface area contributed by atoms with Gasteiger partial charge in [-0.05, 0) is 54.6 Å². The summed E-state index contributed by atoms with van der Waals surface area (Å²) >= 11 is 1.96. The molecule has 2 aromatic heterocycles. The summed E-state index contributed by atoms with van der Waals surface area (Å²) in [5, 5.41) is 6.87. The average Bonchev–Trinajstić information content (AvgIpc) is 2.98. The number of hydrogen-bond donors (Lipinski definition) is 1. The molecule has 0 bridgehead atoms. The number of rotatable bonds is 5. The number of carbonyl (C=O) groups excluding carboxylic acids is 1. The summed E-state index contributed by atoms with van der Waals surface area (Å²) in [6.45, 7) is 3.26. The van der Waals surface area contributed by atoms with Crippen molar-refractivity contribution in [1.29, 1.82) is 0 Å². The summed E-state index contributed by atoms with van der Waals surface area (Å²) in [5.74, 6) is -1.73. The third kappa shape index (κ3) is 4.95. The SMILES string of the molecule is CC(C)NC(=O)COc1nc(-c2ccc(F)c(C(F)(F)F)c2)cn2nc(I)cc12. The Balaban J connectivity index is 2.03. The first-order chi connectivity index (χ1) is 13.5. The van der Waals surface area contributed by atoms with Gasteiger partial charge >= 0.3 is 6.18 Å². The van der Waals surface area contributed by atoms with E-state index in [2.05, 4.69) is 15.4 Å². The molecule has 2 heterocycles. The summed E-state index contributed by atoms with van der Waals surface area (Å²) in [6, 6.07) is 4.16. The van der Waals surface area contributed by atoms with Crippen LogP contribution in [0.15, 0.2) is 30.5 Å². The quantitative estimate of drug-likeness (QED) is 0.406. The average molecular weight is 522 g/mol. The summed E-state index contributed by atoms with van der Waals surface area (Å²) in [5.41, 5.74) is -0.844. The number of alkyl halides is 3. The maximum atomic E-state index is 13.6. The Labute approximate surface area is 176 Å². The van der Waals surface area contributed by atoms with E-state index < -0.39 is 17.6 Å². The Kier molecular flexibility index (Phi) is 5.96. The van der Waals surface area contributed by atoms with Crippen LogP contribution in [0.25, 0.3) is 16.8 Å². The highest BCUT2D eigenvalue weighted by atomic mass is 127. The number of nitrogens with one attached hydrogen (secondary N) is 1. The van der Waals surface area contributed by atoms with Crippen LogP contribution in [0.2, 0.25) is 0 Å². The van der Waals surface area contributed by atoms with Crippen molar-refractivity contribution in [2.75, 3.05) is 6.61 Å². The minimum atomic E-state index is -4.85. The maximum absolute atomic E-state index is 13.6. The van der Waals surface area contributed by atoms with Gasteiger partial charge in [-0.1, -0.05) is 0 Å². The molecule has 0 spiro atoms. The minimum Gasteiger partial charge on any atom is -0.466 e. The molecule has 0 radical (unpaired) electrons. The molecule has 0 aliphatic carbocycles. The highest BCUT2D eigenvalue weighted by Crippen LogP contribution is 2.34. The molecule has 1 N–H and O–H groups in total. The van der Waals surface area contributed by atoms with Crippen LogP contribution >= 0.6 is 22.6 Å². The Morgan fingerprint density at radius 1 is 1.31 bits per heavy atom. The number of carbonyl (C=O) groups is 1. The van der Waals surface area contributed by atoms with Gasteiger partial charge in [0.1, 0.15) is 15.0 Å². The maximum Gasteiger partial charge on any atom is 0.419 e. The first-order valence-corrected chi connectivity index (χ1v) is 9.47. The predicted octanol–water partition coefficient (Wildman–Crippen LogP) is 4.06. The highest BCUT2D eigenvalue weighted by Gasteiger charge is 2.34. The van der Waals surface area contributed by atoms with Crippen molar-refractivity contribution in [2.24, 2.45) is 0 Å². The molecule has 3 aromatic rings. The van der Waals surface area contributed by atoms with Gasteiger partial charge in [-0.2, -0.15) is 18.3 Å². The number of aromatic nitrogens is 3. The van der Waals surface area contributed by atoms with E-state index in [1.54, 1.807) is 19.9 Å². The number of hydrogen-bond acceptors (Lipinski definition) is 4. The van der Waals surface area contributed by atoms with Gasteiger partial charge in [0.25, 0.3) is 5.91 Å². The molecular weight excluding hydrogens is 507 g/mol. The Morgan fingerprint density at radius 3 is 2.69 bits per heavy atom. The van der Waals surface area contributed by atoms with Crippen LogP contribution in [0.3, 0.4) is 0 Å². The van der Waals surface area contributed by atoms with E-state index in [0.717, 1.165) is 6.07 Å². The topological polar surface area (TPSA) is 68.5 Å². The molecule has 0 aliphatic rings. The Morgan fingerprint density at radius 2 is 2.03 bits per heavy atom. The fourth-order valence-electron chi connectivity index (χ4n) is 2.58. The highest BCUT2D eigenvalue weighted by molar-refractivity contribution is 14.1. The predicted molar refractivity (Wildman–Crippen MR) is 105 cm³/mol. The molecule has 0 saturated carbocycles. The number of amides is 1. The zero-order chi connectivity index (χ0) is 21.3. The summed E-state index contributed by atoms with van der Waals surface area (Å²) in [4.78, 5) is 16.1. The van der Waals surface area contributed by atoms with E-state index >= 15 is 0 Å². The normalized spacial score (nSPS) is 11.9.